The van der Waals surface area contributed by atoms with Crippen molar-refractivity contribution in [1.29, 1.82) is 0 Å². The molecule has 2 N–H and O–H groups in total. The summed E-state index contributed by atoms with van der Waals surface area (Å²) in [6.45, 7) is 1.67. The molecule has 0 aliphatic rings. The van der Waals surface area contributed by atoms with Crippen LogP contribution in [0.3, 0.4) is 0 Å². The lowest BCUT2D eigenvalue weighted by Crippen LogP contribution is -2.03. The summed E-state index contributed by atoms with van der Waals surface area (Å²) in [5, 5.41) is 4.55. The molecule has 0 unspecified atom stereocenters. The van der Waals surface area contributed by atoms with Crippen LogP contribution < -0.4 is 5.73 Å². The number of hydrogen-bond acceptors (Lipinski definition) is 4. The van der Waals surface area contributed by atoms with Gasteiger partial charge in [0.25, 0.3) is 0 Å². The fourth-order valence-corrected chi connectivity index (χ4v) is 1.87. The minimum Gasteiger partial charge on any atom is -0.383 e. The number of halogens is 2. The molecule has 5 nitrogen and oxygen atoms in total. The first-order valence-electron chi connectivity index (χ1n) is 5.49. The van der Waals surface area contributed by atoms with E-state index in [1.165, 1.54) is 16.9 Å². The van der Waals surface area contributed by atoms with Crippen LogP contribution >= 0.6 is 0 Å². The third kappa shape index (κ3) is 1.79. The molecule has 96 valence electrons. The average Bonchev–Trinajstić information content (AvgIpc) is 2.73. The summed E-state index contributed by atoms with van der Waals surface area (Å²) in [6.07, 6.45) is 1.45. The number of nitrogens with two attached hydrogens (primary N) is 1. The van der Waals surface area contributed by atoms with Gasteiger partial charge in [-0.2, -0.15) is 5.10 Å². The molecule has 7 heteroatoms. The van der Waals surface area contributed by atoms with Gasteiger partial charge in [0.1, 0.15) is 23.1 Å². The first-order valence-corrected chi connectivity index (χ1v) is 5.49. The van der Waals surface area contributed by atoms with Crippen LogP contribution in [0.25, 0.3) is 16.7 Å². The number of aryl methyl sites for hydroxylation is 1. The molecule has 0 radical (unpaired) electrons. The number of fused-ring (bicyclic) bond motifs is 1. The summed E-state index contributed by atoms with van der Waals surface area (Å²) in [7, 11) is 0. The van der Waals surface area contributed by atoms with Gasteiger partial charge < -0.3 is 5.73 Å². The lowest BCUT2D eigenvalue weighted by molar-refractivity contribution is 0.574. The lowest BCUT2D eigenvalue weighted by atomic mass is 10.3. The summed E-state index contributed by atoms with van der Waals surface area (Å²) >= 11 is 0. The summed E-state index contributed by atoms with van der Waals surface area (Å²) in [5.41, 5.74) is 6.24. The van der Waals surface area contributed by atoms with Crippen molar-refractivity contribution in [3.63, 3.8) is 0 Å². The minimum atomic E-state index is -0.722. The van der Waals surface area contributed by atoms with Crippen LogP contribution in [0.15, 0.2) is 24.4 Å². The zero-order valence-corrected chi connectivity index (χ0v) is 9.93. The molecule has 0 saturated carbocycles. The van der Waals surface area contributed by atoms with Crippen molar-refractivity contribution >= 4 is 16.9 Å². The third-order valence-electron chi connectivity index (χ3n) is 2.71. The van der Waals surface area contributed by atoms with Crippen molar-refractivity contribution in [1.82, 2.24) is 19.7 Å². The number of aromatic nitrogens is 4. The highest BCUT2D eigenvalue weighted by Gasteiger charge is 2.14. The van der Waals surface area contributed by atoms with E-state index in [1.807, 2.05) is 0 Å². The maximum Gasteiger partial charge on any atom is 0.168 e. The number of nitrogen functional groups attached to an aromatic ring is 1. The Morgan fingerprint density at radius 1 is 1.21 bits per heavy atom. The van der Waals surface area contributed by atoms with Gasteiger partial charge in [-0.15, -0.1) is 0 Å². The van der Waals surface area contributed by atoms with Gasteiger partial charge in [-0.1, -0.05) is 0 Å². The summed E-state index contributed by atoms with van der Waals surface area (Å²) in [4.78, 5) is 8.19. The van der Waals surface area contributed by atoms with E-state index >= 15 is 0 Å². The Hall–Kier alpha value is -2.57. The molecular weight excluding hydrogens is 252 g/mol. The largest absolute Gasteiger partial charge is 0.383 e. The van der Waals surface area contributed by atoms with E-state index in [-0.39, 0.29) is 11.5 Å². The van der Waals surface area contributed by atoms with Gasteiger partial charge in [-0.25, -0.2) is 23.4 Å². The Balaban J connectivity index is 2.31. The standard InChI is InChI=1S/C12H9F2N5/c1-6-17-11(15)8-5-16-19(12(8)18-6)10-3-2-7(13)4-9(10)14/h2-5H,1H3,(H2,15,17,18). The maximum absolute atomic E-state index is 13.8. The molecule has 0 aliphatic carbocycles. The Labute approximate surface area is 106 Å². The summed E-state index contributed by atoms with van der Waals surface area (Å²) in [6, 6.07) is 3.24. The Bertz CT molecular complexity index is 781. The second-order valence-electron chi connectivity index (χ2n) is 4.05. The quantitative estimate of drug-likeness (QED) is 0.727. The number of rotatable bonds is 1. The first kappa shape index (κ1) is 11.5. The van der Waals surface area contributed by atoms with Gasteiger partial charge in [-0.05, 0) is 19.1 Å². The molecule has 0 bridgehead atoms. The second-order valence-corrected chi connectivity index (χ2v) is 4.05. The van der Waals surface area contributed by atoms with Gasteiger partial charge in [0.05, 0.1) is 11.6 Å². The highest BCUT2D eigenvalue weighted by Crippen LogP contribution is 2.22. The smallest absolute Gasteiger partial charge is 0.168 e. The van der Waals surface area contributed by atoms with Crippen molar-refractivity contribution < 1.29 is 8.78 Å². The highest BCUT2D eigenvalue weighted by molar-refractivity contribution is 5.86. The molecule has 0 aliphatic heterocycles. The molecule has 0 atom stereocenters. The van der Waals surface area contributed by atoms with Crippen molar-refractivity contribution in [2.75, 3.05) is 5.73 Å². The van der Waals surface area contributed by atoms with E-state index in [0.29, 0.717) is 16.9 Å². The summed E-state index contributed by atoms with van der Waals surface area (Å²) < 4.78 is 28.0. The van der Waals surface area contributed by atoms with Gasteiger partial charge >= 0.3 is 0 Å². The van der Waals surface area contributed by atoms with E-state index in [0.717, 1.165) is 12.1 Å². The van der Waals surface area contributed by atoms with Crippen LogP contribution in [0.2, 0.25) is 0 Å². The van der Waals surface area contributed by atoms with Crippen LogP contribution in [-0.4, -0.2) is 19.7 Å². The fourth-order valence-electron chi connectivity index (χ4n) is 1.87. The third-order valence-corrected chi connectivity index (χ3v) is 2.71. The van der Waals surface area contributed by atoms with E-state index in [4.69, 9.17) is 5.73 Å². The zero-order valence-electron chi connectivity index (χ0n) is 9.93. The molecule has 0 saturated heterocycles. The van der Waals surface area contributed by atoms with Crippen LogP contribution in [0.1, 0.15) is 5.82 Å². The highest BCUT2D eigenvalue weighted by atomic mass is 19.1. The van der Waals surface area contributed by atoms with Crippen LogP contribution in [0, 0.1) is 18.6 Å². The van der Waals surface area contributed by atoms with Gasteiger partial charge in [0.2, 0.25) is 0 Å². The predicted octanol–water partition coefficient (Wildman–Crippen LogP) is 1.98. The van der Waals surface area contributed by atoms with Crippen LogP contribution in [-0.2, 0) is 0 Å². The normalized spacial score (nSPS) is 11.1. The van der Waals surface area contributed by atoms with Crippen molar-refractivity contribution in [3.05, 3.63) is 41.9 Å². The molecular formula is C12H9F2N5. The topological polar surface area (TPSA) is 69.6 Å². The van der Waals surface area contributed by atoms with E-state index in [1.54, 1.807) is 6.92 Å². The second kappa shape index (κ2) is 3.98. The monoisotopic (exact) mass is 261 g/mol. The Kier molecular flexibility index (Phi) is 2.41. The lowest BCUT2D eigenvalue weighted by Gasteiger charge is -2.05. The number of hydrogen-bond donors (Lipinski definition) is 1. The molecule has 3 rings (SSSR count). The minimum absolute atomic E-state index is 0.105. The summed E-state index contributed by atoms with van der Waals surface area (Å²) in [5.74, 6) is -0.645. The van der Waals surface area contributed by atoms with E-state index in [9.17, 15) is 8.78 Å². The molecule has 0 spiro atoms. The number of benzene rings is 1. The van der Waals surface area contributed by atoms with E-state index < -0.39 is 11.6 Å². The average molecular weight is 261 g/mol. The fraction of sp³-hybridized carbons (Fsp3) is 0.0833. The molecule has 2 aromatic heterocycles. The molecule has 19 heavy (non-hydrogen) atoms. The van der Waals surface area contributed by atoms with Crippen LogP contribution in [0.5, 0.6) is 0 Å². The van der Waals surface area contributed by atoms with Crippen molar-refractivity contribution in [2.45, 2.75) is 6.92 Å². The zero-order chi connectivity index (χ0) is 13.6. The molecule has 0 amide bonds. The number of nitrogens with zero attached hydrogens (tertiary/aromatic N) is 4. The van der Waals surface area contributed by atoms with Crippen molar-refractivity contribution in [3.8, 4) is 5.69 Å². The number of anilines is 1. The van der Waals surface area contributed by atoms with Gasteiger partial charge in [0.15, 0.2) is 11.5 Å². The molecule has 1 aromatic carbocycles. The first-order chi connectivity index (χ1) is 9.06. The predicted molar refractivity (Wildman–Crippen MR) is 65.7 cm³/mol. The Morgan fingerprint density at radius 3 is 2.74 bits per heavy atom. The van der Waals surface area contributed by atoms with Crippen LogP contribution in [0.4, 0.5) is 14.6 Å². The maximum atomic E-state index is 13.8. The van der Waals surface area contributed by atoms with Gasteiger partial charge in [0, 0.05) is 6.07 Å². The van der Waals surface area contributed by atoms with E-state index in [2.05, 4.69) is 15.1 Å². The van der Waals surface area contributed by atoms with Crippen molar-refractivity contribution in [2.24, 2.45) is 0 Å². The molecule has 2 heterocycles. The van der Waals surface area contributed by atoms with Gasteiger partial charge in [-0.3, -0.25) is 0 Å². The molecule has 3 aromatic rings. The Morgan fingerprint density at radius 2 is 2.00 bits per heavy atom. The molecule has 0 fully saturated rings. The SMILES string of the molecule is Cc1nc(N)c2cnn(-c3ccc(F)cc3F)c2n1.